The van der Waals surface area contributed by atoms with Gasteiger partial charge in [0, 0.05) is 5.56 Å². The number of nitrogens with one attached hydrogen (secondary N) is 1. The molecule has 0 bridgehead atoms. The third kappa shape index (κ3) is 2.77. The van der Waals surface area contributed by atoms with E-state index in [0.29, 0.717) is 11.3 Å². The lowest BCUT2D eigenvalue weighted by molar-refractivity contribution is 0.0990. The van der Waals surface area contributed by atoms with Crippen LogP contribution in [0.3, 0.4) is 0 Å². The molecule has 0 atom stereocenters. The molecule has 0 radical (unpaired) electrons. The van der Waals surface area contributed by atoms with Crippen LogP contribution in [0.4, 0.5) is 15.0 Å². The van der Waals surface area contributed by atoms with Gasteiger partial charge in [-0.25, -0.2) is 9.69 Å². The minimum Gasteiger partial charge on any atom is -0.268 e. The van der Waals surface area contributed by atoms with Crippen molar-refractivity contribution in [1.82, 2.24) is 5.54 Å². The zero-order chi connectivity index (χ0) is 13.7. The van der Waals surface area contributed by atoms with Crippen LogP contribution < -0.4 is 10.4 Å². The quantitative estimate of drug-likeness (QED) is 0.842. The fraction of sp³-hybridized carbons (Fsp3) is 0. The zero-order valence-electron chi connectivity index (χ0n) is 9.92. The highest BCUT2D eigenvalue weighted by Gasteiger charge is 2.24. The van der Waals surface area contributed by atoms with E-state index in [0.717, 1.165) is 10.4 Å². The van der Waals surface area contributed by atoms with E-state index in [1.807, 2.05) is 0 Å². The van der Waals surface area contributed by atoms with Crippen LogP contribution in [-0.4, -0.2) is 11.9 Å². The first-order chi connectivity index (χ1) is 9.24. The van der Waals surface area contributed by atoms with Gasteiger partial charge in [-0.05, 0) is 24.3 Å². The standard InChI is InChI=1S/C14H11FN2O2/c15-16-14(19)17(12-9-5-2-6-10-12)13(18)11-7-3-1-4-8-11/h1-10H,(H,16,19). The third-order valence-corrected chi connectivity index (χ3v) is 2.52. The largest absolute Gasteiger partial charge is 0.357 e. The van der Waals surface area contributed by atoms with E-state index in [1.165, 1.54) is 0 Å². The second-order valence-corrected chi connectivity index (χ2v) is 3.74. The maximum atomic E-state index is 12.4. The van der Waals surface area contributed by atoms with Crippen LogP contribution in [0.5, 0.6) is 0 Å². The van der Waals surface area contributed by atoms with E-state index in [9.17, 15) is 14.1 Å². The minimum atomic E-state index is -1.12. The van der Waals surface area contributed by atoms with Crippen molar-refractivity contribution in [2.24, 2.45) is 0 Å². The number of carbonyl (C=O) groups is 2. The lowest BCUT2D eigenvalue weighted by Gasteiger charge is -2.19. The van der Waals surface area contributed by atoms with Gasteiger partial charge in [0.05, 0.1) is 5.69 Å². The molecule has 0 aliphatic heterocycles. The summed E-state index contributed by atoms with van der Waals surface area (Å²) >= 11 is 0. The van der Waals surface area contributed by atoms with Crippen molar-refractivity contribution in [3.63, 3.8) is 0 Å². The topological polar surface area (TPSA) is 49.4 Å². The number of nitrogens with zero attached hydrogens (tertiary/aromatic N) is 1. The van der Waals surface area contributed by atoms with E-state index in [4.69, 9.17) is 0 Å². The van der Waals surface area contributed by atoms with Crippen LogP contribution in [0.25, 0.3) is 0 Å². The number of amides is 3. The maximum absolute atomic E-state index is 12.4. The Morgan fingerprint density at radius 2 is 1.42 bits per heavy atom. The number of halogens is 1. The molecule has 2 rings (SSSR count). The number of hydrogen-bond acceptors (Lipinski definition) is 2. The molecule has 0 aromatic heterocycles. The zero-order valence-corrected chi connectivity index (χ0v) is 9.92. The van der Waals surface area contributed by atoms with Gasteiger partial charge < -0.3 is 0 Å². The molecule has 0 saturated carbocycles. The van der Waals surface area contributed by atoms with Crippen LogP contribution in [0.2, 0.25) is 0 Å². The molecular weight excluding hydrogens is 247 g/mol. The van der Waals surface area contributed by atoms with Gasteiger partial charge in [-0.15, -0.1) is 0 Å². The van der Waals surface area contributed by atoms with E-state index in [2.05, 4.69) is 0 Å². The normalized spacial score (nSPS) is 9.74. The molecule has 96 valence electrons. The highest BCUT2D eigenvalue weighted by molar-refractivity contribution is 6.20. The van der Waals surface area contributed by atoms with E-state index in [1.54, 1.807) is 60.7 Å². The third-order valence-electron chi connectivity index (χ3n) is 2.52. The van der Waals surface area contributed by atoms with Gasteiger partial charge in [-0.1, -0.05) is 40.9 Å². The summed E-state index contributed by atoms with van der Waals surface area (Å²) in [4.78, 5) is 24.5. The van der Waals surface area contributed by atoms with Crippen LogP contribution in [0.15, 0.2) is 60.7 Å². The smallest absolute Gasteiger partial charge is 0.268 e. The van der Waals surface area contributed by atoms with Crippen molar-refractivity contribution < 1.29 is 14.1 Å². The van der Waals surface area contributed by atoms with Gasteiger partial charge in [0.2, 0.25) is 0 Å². The minimum absolute atomic E-state index is 0.298. The number of urea groups is 1. The molecule has 0 unspecified atom stereocenters. The Kier molecular flexibility index (Phi) is 3.87. The van der Waals surface area contributed by atoms with Crippen LogP contribution in [0, 0.1) is 0 Å². The summed E-state index contributed by atoms with van der Waals surface area (Å²) < 4.78 is 12.4. The van der Waals surface area contributed by atoms with Crippen LogP contribution >= 0.6 is 0 Å². The Labute approximate surface area is 109 Å². The molecule has 0 spiro atoms. The fourth-order valence-electron chi connectivity index (χ4n) is 1.66. The summed E-state index contributed by atoms with van der Waals surface area (Å²) in [5, 5.41) is 0. The van der Waals surface area contributed by atoms with Gasteiger partial charge in [0.1, 0.15) is 0 Å². The number of carbonyl (C=O) groups excluding carboxylic acids is 2. The van der Waals surface area contributed by atoms with Crippen molar-refractivity contribution in [3.05, 3.63) is 66.2 Å². The van der Waals surface area contributed by atoms with Gasteiger partial charge in [-0.3, -0.25) is 4.79 Å². The monoisotopic (exact) mass is 258 g/mol. The number of imide groups is 1. The summed E-state index contributed by atoms with van der Waals surface area (Å²) in [6, 6.07) is 15.2. The molecule has 1 N–H and O–H groups in total. The molecule has 0 saturated heterocycles. The Morgan fingerprint density at radius 3 is 1.95 bits per heavy atom. The number of anilines is 1. The maximum Gasteiger partial charge on any atom is 0.357 e. The van der Waals surface area contributed by atoms with Crippen LogP contribution in [-0.2, 0) is 0 Å². The molecule has 0 heterocycles. The predicted octanol–water partition coefficient (Wildman–Crippen LogP) is 2.93. The van der Waals surface area contributed by atoms with Crippen LogP contribution in [0.1, 0.15) is 10.4 Å². The number of benzene rings is 2. The molecule has 19 heavy (non-hydrogen) atoms. The highest BCUT2D eigenvalue weighted by Crippen LogP contribution is 2.17. The molecule has 3 amide bonds. The number of hydrogen-bond donors (Lipinski definition) is 1. The first-order valence-corrected chi connectivity index (χ1v) is 5.59. The van der Waals surface area contributed by atoms with Crippen molar-refractivity contribution in [2.45, 2.75) is 0 Å². The Balaban J connectivity index is 2.40. The van der Waals surface area contributed by atoms with Gasteiger partial charge >= 0.3 is 6.03 Å². The van der Waals surface area contributed by atoms with Gasteiger partial charge in [0.15, 0.2) is 0 Å². The molecule has 0 fully saturated rings. The van der Waals surface area contributed by atoms with Crippen molar-refractivity contribution in [2.75, 3.05) is 4.90 Å². The lowest BCUT2D eigenvalue weighted by atomic mass is 10.2. The molecule has 5 heteroatoms. The predicted molar refractivity (Wildman–Crippen MR) is 69.3 cm³/mol. The number of para-hydroxylation sites is 1. The first kappa shape index (κ1) is 12.8. The van der Waals surface area contributed by atoms with Crippen molar-refractivity contribution in [1.29, 1.82) is 0 Å². The number of rotatable bonds is 2. The average Bonchev–Trinajstić information content (AvgIpc) is 2.49. The Hall–Kier alpha value is -2.69. The molecule has 2 aromatic carbocycles. The average molecular weight is 258 g/mol. The summed E-state index contributed by atoms with van der Waals surface area (Å²) in [7, 11) is 0. The summed E-state index contributed by atoms with van der Waals surface area (Å²) in [6.07, 6.45) is 0. The van der Waals surface area contributed by atoms with Gasteiger partial charge in [0.25, 0.3) is 5.91 Å². The second-order valence-electron chi connectivity index (χ2n) is 3.74. The second kappa shape index (κ2) is 5.77. The van der Waals surface area contributed by atoms with Crippen molar-refractivity contribution in [3.8, 4) is 0 Å². The SMILES string of the molecule is O=C(NF)N(C(=O)c1ccccc1)c1ccccc1. The van der Waals surface area contributed by atoms with E-state index >= 15 is 0 Å². The highest BCUT2D eigenvalue weighted by atomic mass is 19.2. The summed E-state index contributed by atoms with van der Waals surface area (Å²) in [5.41, 5.74) is 1.58. The van der Waals surface area contributed by atoms with E-state index in [-0.39, 0.29) is 0 Å². The molecule has 0 aliphatic carbocycles. The first-order valence-electron chi connectivity index (χ1n) is 5.59. The lowest BCUT2D eigenvalue weighted by Crippen LogP contribution is -2.41. The molecule has 0 aliphatic rings. The van der Waals surface area contributed by atoms with Gasteiger partial charge in [-0.2, -0.15) is 5.54 Å². The molecule has 4 nitrogen and oxygen atoms in total. The summed E-state index contributed by atoms with van der Waals surface area (Å²) in [6.45, 7) is 0. The Bertz CT molecular complexity index is 573. The summed E-state index contributed by atoms with van der Waals surface area (Å²) in [5.74, 6) is -0.595. The molecular formula is C14H11FN2O2. The molecule has 2 aromatic rings. The Morgan fingerprint density at radius 1 is 0.895 bits per heavy atom. The van der Waals surface area contributed by atoms with Crippen molar-refractivity contribution >= 4 is 17.6 Å². The fourth-order valence-corrected chi connectivity index (χ4v) is 1.66. The van der Waals surface area contributed by atoms with E-state index < -0.39 is 11.9 Å².